The first-order valence-corrected chi connectivity index (χ1v) is 6.60. The van der Waals surface area contributed by atoms with Gasteiger partial charge in [-0.25, -0.2) is 0 Å². The van der Waals surface area contributed by atoms with Gasteiger partial charge < -0.3 is 5.32 Å². The van der Waals surface area contributed by atoms with Gasteiger partial charge in [-0.1, -0.05) is 22.6 Å². The van der Waals surface area contributed by atoms with Crippen molar-refractivity contribution in [2.24, 2.45) is 0 Å². The number of nitrogens with zero attached hydrogens (tertiary/aromatic N) is 2. The summed E-state index contributed by atoms with van der Waals surface area (Å²) >= 11 is 2.40. The molecule has 1 aromatic rings. The standard InChI is InChI=1S/C10H18IN3/c1-3-14-10(7-9(2)13-14)8-12-6-4-5-11/h7,12H,3-6,8H2,1-2H3. The molecule has 0 spiro atoms. The van der Waals surface area contributed by atoms with E-state index in [1.807, 2.05) is 6.92 Å². The summed E-state index contributed by atoms with van der Waals surface area (Å²) in [6.45, 7) is 7.15. The number of hydrogen-bond acceptors (Lipinski definition) is 2. The normalized spacial score (nSPS) is 10.8. The molecule has 0 fully saturated rings. The smallest absolute Gasteiger partial charge is 0.0597 e. The average Bonchev–Trinajstić information content (AvgIpc) is 2.54. The van der Waals surface area contributed by atoms with E-state index in [1.54, 1.807) is 0 Å². The van der Waals surface area contributed by atoms with E-state index in [9.17, 15) is 0 Å². The molecule has 1 rings (SSSR count). The Hall–Kier alpha value is -0.100. The zero-order valence-electron chi connectivity index (χ0n) is 8.89. The summed E-state index contributed by atoms with van der Waals surface area (Å²) < 4.78 is 3.28. The number of halogens is 1. The van der Waals surface area contributed by atoms with E-state index in [4.69, 9.17) is 0 Å². The third kappa shape index (κ3) is 3.57. The predicted octanol–water partition coefficient (Wildman–Crippen LogP) is 2.13. The Morgan fingerprint density at radius 2 is 2.36 bits per heavy atom. The van der Waals surface area contributed by atoms with E-state index < -0.39 is 0 Å². The molecule has 0 amide bonds. The highest BCUT2D eigenvalue weighted by molar-refractivity contribution is 14.1. The van der Waals surface area contributed by atoms with Crippen LogP contribution >= 0.6 is 22.6 Å². The largest absolute Gasteiger partial charge is 0.311 e. The van der Waals surface area contributed by atoms with Crippen LogP contribution in [-0.2, 0) is 13.1 Å². The van der Waals surface area contributed by atoms with Crippen molar-refractivity contribution in [2.45, 2.75) is 33.4 Å². The topological polar surface area (TPSA) is 29.9 Å². The molecule has 0 aliphatic heterocycles. The van der Waals surface area contributed by atoms with Gasteiger partial charge in [0.2, 0.25) is 0 Å². The van der Waals surface area contributed by atoms with Crippen LogP contribution in [0, 0.1) is 6.92 Å². The average molecular weight is 307 g/mol. The van der Waals surface area contributed by atoms with Crippen molar-refractivity contribution >= 4 is 22.6 Å². The van der Waals surface area contributed by atoms with E-state index in [0.29, 0.717) is 0 Å². The van der Waals surface area contributed by atoms with Gasteiger partial charge in [0.25, 0.3) is 0 Å². The van der Waals surface area contributed by atoms with Gasteiger partial charge in [-0.05, 0) is 32.9 Å². The zero-order valence-corrected chi connectivity index (χ0v) is 11.0. The van der Waals surface area contributed by atoms with Crippen LogP contribution in [-0.4, -0.2) is 20.8 Å². The Balaban J connectivity index is 2.41. The number of hydrogen-bond donors (Lipinski definition) is 1. The Labute approximate surface area is 99.4 Å². The maximum Gasteiger partial charge on any atom is 0.0597 e. The van der Waals surface area contributed by atoms with Crippen molar-refractivity contribution < 1.29 is 0 Å². The highest BCUT2D eigenvalue weighted by Crippen LogP contribution is 2.03. The van der Waals surface area contributed by atoms with Gasteiger partial charge in [0.15, 0.2) is 0 Å². The van der Waals surface area contributed by atoms with E-state index in [1.165, 1.54) is 16.5 Å². The quantitative estimate of drug-likeness (QED) is 0.496. The highest BCUT2D eigenvalue weighted by atomic mass is 127. The van der Waals surface area contributed by atoms with Gasteiger partial charge in [-0.2, -0.15) is 5.10 Å². The van der Waals surface area contributed by atoms with E-state index in [0.717, 1.165) is 25.3 Å². The van der Waals surface area contributed by atoms with Crippen molar-refractivity contribution in [3.05, 3.63) is 17.5 Å². The lowest BCUT2D eigenvalue weighted by Gasteiger charge is -2.05. The summed E-state index contributed by atoms with van der Waals surface area (Å²) in [5, 5.41) is 7.83. The predicted molar refractivity (Wildman–Crippen MR) is 67.8 cm³/mol. The van der Waals surface area contributed by atoms with E-state index >= 15 is 0 Å². The summed E-state index contributed by atoms with van der Waals surface area (Å²) in [4.78, 5) is 0. The van der Waals surface area contributed by atoms with E-state index in [-0.39, 0.29) is 0 Å². The lowest BCUT2D eigenvalue weighted by atomic mass is 10.3. The van der Waals surface area contributed by atoms with Gasteiger partial charge in [0.05, 0.1) is 11.4 Å². The van der Waals surface area contributed by atoms with Crippen LogP contribution in [0.1, 0.15) is 24.7 Å². The molecule has 1 heterocycles. The van der Waals surface area contributed by atoms with Crippen LogP contribution in [0.2, 0.25) is 0 Å². The third-order valence-electron chi connectivity index (χ3n) is 2.08. The summed E-state index contributed by atoms with van der Waals surface area (Å²) in [6.07, 6.45) is 1.24. The van der Waals surface area contributed by atoms with Crippen LogP contribution in [0.15, 0.2) is 6.07 Å². The molecule has 0 aromatic carbocycles. The lowest BCUT2D eigenvalue weighted by molar-refractivity contribution is 0.579. The second-order valence-corrected chi connectivity index (χ2v) is 4.39. The minimum Gasteiger partial charge on any atom is -0.311 e. The summed E-state index contributed by atoms with van der Waals surface area (Å²) in [5.74, 6) is 0. The van der Waals surface area contributed by atoms with Crippen molar-refractivity contribution in [3.8, 4) is 0 Å². The summed E-state index contributed by atoms with van der Waals surface area (Å²) in [6, 6.07) is 2.15. The lowest BCUT2D eigenvalue weighted by Crippen LogP contribution is -2.17. The highest BCUT2D eigenvalue weighted by Gasteiger charge is 2.02. The fourth-order valence-electron chi connectivity index (χ4n) is 1.42. The molecule has 0 saturated heterocycles. The van der Waals surface area contributed by atoms with Crippen LogP contribution in [0.5, 0.6) is 0 Å². The third-order valence-corrected chi connectivity index (χ3v) is 2.84. The fraction of sp³-hybridized carbons (Fsp3) is 0.700. The molecular weight excluding hydrogens is 289 g/mol. The van der Waals surface area contributed by atoms with Crippen LogP contribution in [0.3, 0.4) is 0 Å². The molecule has 14 heavy (non-hydrogen) atoms. The molecule has 0 radical (unpaired) electrons. The zero-order chi connectivity index (χ0) is 10.4. The Morgan fingerprint density at radius 1 is 1.57 bits per heavy atom. The molecule has 0 atom stereocenters. The van der Waals surface area contributed by atoms with Crippen LogP contribution in [0.25, 0.3) is 0 Å². The second-order valence-electron chi connectivity index (χ2n) is 3.31. The van der Waals surface area contributed by atoms with Crippen molar-refractivity contribution in [3.63, 3.8) is 0 Å². The van der Waals surface area contributed by atoms with Crippen molar-refractivity contribution in [2.75, 3.05) is 11.0 Å². The Morgan fingerprint density at radius 3 is 3.00 bits per heavy atom. The van der Waals surface area contributed by atoms with Crippen molar-refractivity contribution in [1.82, 2.24) is 15.1 Å². The Bertz CT molecular complexity index is 270. The molecule has 0 aliphatic rings. The molecular formula is C10H18IN3. The summed E-state index contributed by atoms with van der Waals surface area (Å²) in [5.41, 5.74) is 2.40. The second kappa shape index (κ2) is 6.40. The number of aryl methyl sites for hydroxylation is 2. The first-order valence-electron chi connectivity index (χ1n) is 5.08. The number of nitrogens with one attached hydrogen (secondary N) is 1. The van der Waals surface area contributed by atoms with Crippen LogP contribution in [0.4, 0.5) is 0 Å². The number of alkyl halides is 1. The van der Waals surface area contributed by atoms with Gasteiger partial charge in [0, 0.05) is 17.5 Å². The summed E-state index contributed by atoms with van der Waals surface area (Å²) in [7, 11) is 0. The first kappa shape index (κ1) is 12.0. The number of aromatic nitrogens is 2. The maximum atomic E-state index is 4.40. The molecule has 1 N–H and O–H groups in total. The molecule has 0 unspecified atom stereocenters. The molecule has 80 valence electrons. The van der Waals surface area contributed by atoms with Gasteiger partial charge in [-0.3, -0.25) is 4.68 Å². The fourth-order valence-corrected chi connectivity index (χ4v) is 1.80. The van der Waals surface area contributed by atoms with Crippen LogP contribution < -0.4 is 5.32 Å². The maximum absolute atomic E-state index is 4.40. The molecule has 0 saturated carbocycles. The minimum atomic E-state index is 0.936. The monoisotopic (exact) mass is 307 g/mol. The molecule has 3 nitrogen and oxygen atoms in total. The SMILES string of the molecule is CCn1nc(C)cc1CNCCCI. The van der Waals surface area contributed by atoms with E-state index in [2.05, 4.69) is 50.7 Å². The van der Waals surface area contributed by atoms with Gasteiger partial charge >= 0.3 is 0 Å². The van der Waals surface area contributed by atoms with Gasteiger partial charge in [-0.15, -0.1) is 0 Å². The first-order chi connectivity index (χ1) is 6.77. The molecule has 1 aromatic heterocycles. The van der Waals surface area contributed by atoms with Crippen molar-refractivity contribution in [1.29, 1.82) is 0 Å². The molecule has 4 heteroatoms. The Kier molecular flexibility index (Phi) is 5.47. The minimum absolute atomic E-state index is 0.936. The number of rotatable bonds is 6. The van der Waals surface area contributed by atoms with Gasteiger partial charge in [0.1, 0.15) is 0 Å². The molecule has 0 bridgehead atoms. The molecule has 0 aliphatic carbocycles.